The van der Waals surface area contributed by atoms with Gasteiger partial charge in [-0.05, 0) is 19.2 Å². The van der Waals surface area contributed by atoms with Crippen molar-refractivity contribution in [1.82, 2.24) is 0 Å². The summed E-state index contributed by atoms with van der Waals surface area (Å²) in [6.07, 6.45) is 0. The first-order valence-corrected chi connectivity index (χ1v) is 6.57. The van der Waals surface area contributed by atoms with Gasteiger partial charge in [0, 0.05) is 0 Å². The van der Waals surface area contributed by atoms with Gasteiger partial charge >= 0.3 is 29.6 Å². The van der Waals surface area contributed by atoms with Crippen LogP contribution in [0.15, 0.2) is 35.5 Å². The summed E-state index contributed by atoms with van der Waals surface area (Å²) < 4.78 is 11.0. The second-order valence-corrected chi connectivity index (χ2v) is 5.58. The van der Waals surface area contributed by atoms with Gasteiger partial charge in [-0.3, -0.25) is 0 Å². The molecule has 0 aliphatic heterocycles. The minimum Gasteiger partial charge on any atom is -0.795 e. The van der Waals surface area contributed by atoms with Gasteiger partial charge < -0.3 is 14.3 Å². The molecular formula is C10H13NNaO3P. The molecule has 1 atom stereocenters. The van der Waals surface area contributed by atoms with Gasteiger partial charge in [-0.25, -0.2) is 0 Å². The molecule has 0 N–H and O–H groups in total. The molecule has 0 radical (unpaired) electrons. The monoisotopic (exact) mass is 249 g/mol. The molecule has 1 rings (SSSR count). The Bertz CT molecular complexity index is 388. The van der Waals surface area contributed by atoms with Crippen molar-refractivity contribution in [1.29, 1.82) is 0 Å². The Balaban J connectivity index is 0.00000225. The molecule has 0 aliphatic carbocycles. The SMILES string of the molecule is CC(=NOCc1ccccc1)P(C)(=O)[O-].[Na+]. The van der Waals surface area contributed by atoms with Crippen molar-refractivity contribution in [3.63, 3.8) is 0 Å². The van der Waals surface area contributed by atoms with E-state index in [0.29, 0.717) is 0 Å². The first-order chi connectivity index (χ1) is 7.00. The first-order valence-electron chi connectivity index (χ1n) is 4.50. The van der Waals surface area contributed by atoms with E-state index in [0.717, 1.165) is 12.2 Å². The molecule has 0 bridgehead atoms. The topological polar surface area (TPSA) is 61.7 Å². The summed E-state index contributed by atoms with van der Waals surface area (Å²) in [7, 11) is -3.50. The molecule has 4 nitrogen and oxygen atoms in total. The zero-order valence-electron chi connectivity index (χ0n) is 9.71. The predicted molar refractivity (Wildman–Crippen MR) is 57.9 cm³/mol. The van der Waals surface area contributed by atoms with Gasteiger partial charge in [-0.15, -0.1) is 0 Å². The van der Waals surface area contributed by atoms with E-state index in [9.17, 15) is 9.46 Å². The molecule has 6 heteroatoms. The van der Waals surface area contributed by atoms with Crippen molar-refractivity contribution in [3.05, 3.63) is 35.9 Å². The van der Waals surface area contributed by atoms with Crippen molar-refractivity contribution in [2.45, 2.75) is 13.5 Å². The van der Waals surface area contributed by atoms with Crippen LogP contribution in [-0.4, -0.2) is 12.1 Å². The molecule has 0 aliphatic rings. The van der Waals surface area contributed by atoms with E-state index in [1.54, 1.807) is 0 Å². The Morgan fingerprint density at radius 3 is 2.50 bits per heavy atom. The molecule has 0 amide bonds. The molecule has 1 aromatic carbocycles. The van der Waals surface area contributed by atoms with Gasteiger partial charge in [-0.2, -0.15) is 0 Å². The number of nitrogens with zero attached hydrogens (tertiary/aromatic N) is 1. The van der Waals surface area contributed by atoms with Crippen LogP contribution >= 0.6 is 7.37 Å². The van der Waals surface area contributed by atoms with Crippen LogP contribution in [0.5, 0.6) is 0 Å². The van der Waals surface area contributed by atoms with E-state index < -0.39 is 7.37 Å². The van der Waals surface area contributed by atoms with Gasteiger partial charge in [-0.1, -0.05) is 35.5 Å². The smallest absolute Gasteiger partial charge is 0.795 e. The standard InChI is InChI=1S/C10H14NO3P.Na/c1-9(15(2,12)13)11-14-8-10-6-4-3-5-7-10;/h3-7H,8H2,1-2H3,(H,12,13);/q;+1/p-1. The predicted octanol–water partition coefficient (Wildman–Crippen LogP) is -1.19. The minimum atomic E-state index is -3.50. The number of oxime groups is 1. The van der Waals surface area contributed by atoms with Crippen molar-refractivity contribution < 1.29 is 43.9 Å². The average molecular weight is 249 g/mol. The minimum absolute atomic E-state index is 0. The average Bonchev–Trinajstić information content (AvgIpc) is 2.18. The third-order valence-electron chi connectivity index (χ3n) is 1.86. The molecular weight excluding hydrogens is 236 g/mol. The van der Waals surface area contributed by atoms with Crippen LogP contribution in [0.1, 0.15) is 12.5 Å². The number of benzene rings is 1. The van der Waals surface area contributed by atoms with Crippen molar-refractivity contribution in [2.24, 2.45) is 5.16 Å². The van der Waals surface area contributed by atoms with E-state index in [1.165, 1.54) is 6.92 Å². The van der Waals surface area contributed by atoms with E-state index in [1.807, 2.05) is 30.3 Å². The maximum absolute atomic E-state index is 11.0. The van der Waals surface area contributed by atoms with Crippen LogP contribution in [-0.2, 0) is 16.0 Å². The number of hydrogen-bond acceptors (Lipinski definition) is 4. The maximum atomic E-state index is 11.0. The molecule has 1 aromatic rings. The Hall–Kier alpha value is -0.120. The van der Waals surface area contributed by atoms with E-state index in [-0.39, 0.29) is 41.6 Å². The fourth-order valence-electron chi connectivity index (χ4n) is 0.849. The maximum Gasteiger partial charge on any atom is 1.00 e. The Morgan fingerprint density at radius 1 is 1.44 bits per heavy atom. The zero-order valence-corrected chi connectivity index (χ0v) is 12.6. The fourth-order valence-corrected chi connectivity index (χ4v) is 1.05. The van der Waals surface area contributed by atoms with Gasteiger partial charge in [0.1, 0.15) is 6.61 Å². The molecule has 0 spiro atoms. The quantitative estimate of drug-likeness (QED) is 0.292. The van der Waals surface area contributed by atoms with E-state index >= 15 is 0 Å². The molecule has 82 valence electrons. The van der Waals surface area contributed by atoms with Gasteiger partial charge in [0.05, 0.1) is 12.8 Å². The first kappa shape index (κ1) is 15.9. The Kier molecular flexibility index (Phi) is 7.20. The van der Waals surface area contributed by atoms with Crippen LogP contribution in [0.25, 0.3) is 0 Å². The summed E-state index contributed by atoms with van der Waals surface area (Å²) in [6, 6.07) is 9.43. The summed E-state index contributed by atoms with van der Waals surface area (Å²) in [5.41, 5.74) is 0.962. The molecule has 0 heterocycles. The van der Waals surface area contributed by atoms with Crippen molar-refractivity contribution >= 4 is 12.8 Å². The summed E-state index contributed by atoms with van der Waals surface area (Å²) in [4.78, 5) is 15.9. The van der Waals surface area contributed by atoms with Crippen LogP contribution in [0, 0.1) is 0 Å². The second-order valence-electron chi connectivity index (χ2n) is 3.24. The van der Waals surface area contributed by atoms with Crippen LogP contribution in [0.2, 0.25) is 0 Å². The van der Waals surface area contributed by atoms with Crippen LogP contribution in [0.3, 0.4) is 0 Å². The van der Waals surface area contributed by atoms with Crippen molar-refractivity contribution in [3.8, 4) is 0 Å². The number of hydrogen-bond donors (Lipinski definition) is 0. The zero-order chi connectivity index (χ0) is 11.3. The molecule has 0 saturated carbocycles. The summed E-state index contributed by atoms with van der Waals surface area (Å²) in [5, 5.41) is 3.53. The molecule has 0 fully saturated rings. The Labute approximate surface area is 117 Å². The van der Waals surface area contributed by atoms with E-state index in [4.69, 9.17) is 4.84 Å². The van der Waals surface area contributed by atoms with Crippen LogP contribution < -0.4 is 34.5 Å². The van der Waals surface area contributed by atoms with Gasteiger partial charge in [0.15, 0.2) is 0 Å². The van der Waals surface area contributed by atoms with Gasteiger partial charge in [0.2, 0.25) is 0 Å². The second kappa shape index (κ2) is 7.25. The van der Waals surface area contributed by atoms with E-state index in [2.05, 4.69) is 5.16 Å². The third-order valence-corrected chi connectivity index (χ3v) is 3.12. The summed E-state index contributed by atoms with van der Waals surface area (Å²) >= 11 is 0. The molecule has 0 saturated heterocycles. The summed E-state index contributed by atoms with van der Waals surface area (Å²) in [6.45, 7) is 2.81. The Morgan fingerprint density at radius 2 is 2.00 bits per heavy atom. The van der Waals surface area contributed by atoms with Crippen molar-refractivity contribution in [2.75, 3.05) is 6.66 Å². The normalized spacial score (nSPS) is 14.8. The molecule has 0 aromatic heterocycles. The van der Waals surface area contributed by atoms with Crippen LogP contribution in [0.4, 0.5) is 0 Å². The third kappa shape index (κ3) is 5.83. The van der Waals surface area contributed by atoms with Gasteiger partial charge in [0.25, 0.3) is 0 Å². The fraction of sp³-hybridized carbons (Fsp3) is 0.300. The summed E-state index contributed by atoms with van der Waals surface area (Å²) in [5.74, 6) is 0. The number of rotatable bonds is 4. The molecule has 1 unspecified atom stereocenters. The molecule has 16 heavy (non-hydrogen) atoms. The largest absolute Gasteiger partial charge is 1.00 e.